The quantitative estimate of drug-likeness (QED) is 0.694. The molecule has 0 aliphatic carbocycles. The number of nitrogens with one attached hydrogen (secondary N) is 2. The van der Waals surface area contributed by atoms with Crippen molar-refractivity contribution >= 4 is 23.1 Å². The normalized spacial score (nSPS) is 21.3. The molecule has 1 fully saturated rings. The van der Waals surface area contributed by atoms with Crippen molar-refractivity contribution in [1.82, 2.24) is 4.90 Å². The fraction of sp³-hybridized carbons (Fsp3) is 0.333. The highest BCUT2D eigenvalue weighted by Crippen LogP contribution is 2.29. The van der Waals surface area contributed by atoms with Crippen LogP contribution in [0, 0.1) is 0 Å². The van der Waals surface area contributed by atoms with E-state index in [1.807, 2.05) is 29.7 Å². The molecule has 0 bridgehead atoms. The van der Waals surface area contributed by atoms with Crippen molar-refractivity contribution in [3.63, 3.8) is 0 Å². The predicted octanol–water partition coefficient (Wildman–Crippen LogP) is 1.44. The maximum absolute atomic E-state index is 13.2. The summed E-state index contributed by atoms with van der Waals surface area (Å²) in [5.74, 6) is 1.40. The van der Waals surface area contributed by atoms with Gasteiger partial charge in [-0.2, -0.15) is 0 Å². The average Bonchev–Trinajstić information content (AvgIpc) is 3.29. The Bertz CT molecular complexity index is 983. The van der Waals surface area contributed by atoms with Gasteiger partial charge < -0.3 is 9.80 Å². The van der Waals surface area contributed by atoms with Crippen LogP contribution in [-0.4, -0.2) is 50.1 Å². The third kappa shape index (κ3) is 3.85. The molecule has 30 heavy (non-hydrogen) atoms. The summed E-state index contributed by atoms with van der Waals surface area (Å²) in [6.45, 7) is 4.89. The molecule has 1 saturated heterocycles. The fourth-order valence-corrected chi connectivity index (χ4v) is 5.70. The second-order valence-electron chi connectivity index (χ2n) is 8.09. The molecule has 4 heterocycles. The molecular formula is C24H28N4OS+2. The molecule has 6 heteroatoms. The molecule has 5 nitrogen and oxygen atoms in total. The number of hydrogen-bond donors (Lipinski definition) is 1. The van der Waals surface area contributed by atoms with Crippen LogP contribution < -0.4 is 14.8 Å². The summed E-state index contributed by atoms with van der Waals surface area (Å²) in [5, 5.41) is 2.20. The molecule has 5 rings (SSSR count). The molecular weight excluding hydrogens is 392 g/mol. The van der Waals surface area contributed by atoms with Gasteiger partial charge in [0.25, 0.3) is 11.7 Å². The number of H-pyrrole nitrogens is 1. The van der Waals surface area contributed by atoms with Crippen LogP contribution in [0.5, 0.6) is 0 Å². The van der Waals surface area contributed by atoms with Crippen LogP contribution in [-0.2, 0) is 11.2 Å². The maximum atomic E-state index is 13.2. The number of anilines is 1. The lowest BCUT2D eigenvalue weighted by Gasteiger charge is -2.35. The first kappa shape index (κ1) is 19.3. The van der Waals surface area contributed by atoms with Crippen LogP contribution >= 0.6 is 11.3 Å². The summed E-state index contributed by atoms with van der Waals surface area (Å²) in [7, 11) is 0. The van der Waals surface area contributed by atoms with Crippen molar-refractivity contribution in [3.8, 4) is 0 Å². The van der Waals surface area contributed by atoms with Crippen molar-refractivity contribution in [2.45, 2.75) is 12.5 Å². The highest BCUT2D eigenvalue weighted by Gasteiger charge is 2.36. The van der Waals surface area contributed by atoms with Crippen LogP contribution in [0.4, 0.5) is 5.82 Å². The minimum Gasteiger partial charge on any atom is -0.330 e. The Kier molecular flexibility index (Phi) is 5.51. The van der Waals surface area contributed by atoms with Gasteiger partial charge in [0.1, 0.15) is 19.1 Å². The molecule has 2 N–H and O–H groups in total. The molecule has 154 valence electrons. The molecule has 0 radical (unpaired) electrons. The lowest BCUT2D eigenvalue weighted by atomic mass is 9.93. The van der Waals surface area contributed by atoms with E-state index in [0.29, 0.717) is 6.54 Å². The van der Waals surface area contributed by atoms with Crippen LogP contribution in [0.25, 0.3) is 0 Å². The minimum absolute atomic E-state index is 0.255. The molecule has 2 aromatic heterocycles. The average molecular weight is 421 g/mol. The highest BCUT2D eigenvalue weighted by atomic mass is 32.1. The fourth-order valence-electron chi connectivity index (χ4n) is 4.78. The van der Waals surface area contributed by atoms with Crippen molar-refractivity contribution in [2.75, 3.05) is 44.2 Å². The SMILES string of the molecule is O=C(C[NH+]1CCc2sccc2[C@@H]1c1ccccc1)N1CCN(c2cccc[nH+]2)CC1. The van der Waals surface area contributed by atoms with Crippen molar-refractivity contribution in [2.24, 2.45) is 0 Å². The number of benzene rings is 1. The Morgan fingerprint density at radius 2 is 1.83 bits per heavy atom. The summed E-state index contributed by atoms with van der Waals surface area (Å²) < 4.78 is 0. The van der Waals surface area contributed by atoms with E-state index < -0.39 is 0 Å². The monoisotopic (exact) mass is 420 g/mol. The van der Waals surface area contributed by atoms with E-state index in [9.17, 15) is 4.79 Å². The number of aromatic amines is 1. The standard InChI is InChI=1S/C24H26N4OS/c29-23(27-15-13-26(14-16-27)22-8-4-5-11-25-22)18-28-12-9-21-20(10-17-30-21)24(28)19-6-2-1-3-7-19/h1-8,10-11,17,24H,9,12-16,18H2/p+2/t24-/m0/s1. The molecule has 0 spiro atoms. The van der Waals surface area contributed by atoms with E-state index in [1.165, 1.54) is 20.9 Å². The first-order valence-electron chi connectivity index (χ1n) is 10.7. The zero-order valence-electron chi connectivity index (χ0n) is 17.1. The number of nitrogens with zero attached hydrogens (tertiary/aromatic N) is 2. The molecule has 2 aliphatic heterocycles. The predicted molar refractivity (Wildman–Crippen MR) is 119 cm³/mol. The van der Waals surface area contributed by atoms with Gasteiger partial charge in [-0.3, -0.25) is 9.69 Å². The zero-order valence-corrected chi connectivity index (χ0v) is 17.9. The Morgan fingerprint density at radius 3 is 2.60 bits per heavy atom. The number of fused-ring (bicyclic) bond motifs is 1. The first-order valence-corrected chi connectivity index (χ1v) is 11.6. The van der Waals surface area contributed by atoms with Gasteiger partial charge in [-0.1, -0.05) is 36.4 Å². The number of rotatable bonds is 4. The largest absolute Gasteiger partial charge is 0.330 e. The van der Waals surface area contributed by atoms with Crippen molar-refractivity contribution < 1.29 is 14.7 Å². The Hall–Kier alpha value is -2.70. The van der Waals surface area contributed by atoms with E-state index in [-0.39, 0.29) is 11.9 Å². The van der Waals surface area contributed by atoms with Gasteiger partial charge in [0, 0.05) is 28.5 Å². The smallest absolute Gasteiger partial charge is 0.278 e. The van der Waals surface area contributed by atoms with Crippen LogP contribution in [0.2, 0.25) is 0 Å². The minimum atomic E-state index is 0.255. The van der Waals surface area contributed by atoms with E-state index in [4.69, 9.17) is 0 Å². The Labute approximate surface area is 181 Å². The Morgan fingerprint density at radius 1 is 1.03 bits per heavy atom. The van der Waals surface area contributed by atoms with E-state index in [1.54, 1.807) is 0 Å². The van der Waals surface area contributed by atoms with Gasteiger partial charge in [0.2, 0.25) is 0 Å². The third-order valence-corrected chi connectivity index (χ3v) is 7.35. The van der Waals surface area contributed by atoms with Crippen molar-refractivity contribution in [3.05, 3.63) is 82.2 Å². The first-order chi connectivity index (χ1) is 14.8. The van der Waals surface area contributed by atoms with Crippen LogP contribution in [0.1, 0.15) is 22.0 Å². The van der Waals surface area contributed by atoms with E-state index in [0.717, 1.165) is 45.0 Å². The number of aromatic nitrogens is 1. The molecule has 2 atom stereocenters. The summed E-state index contributed by atoms with van der Waals surface area (Å²) in [5.41, 5.74) is 2.72. The number of carbonyl (C=O) groups is 1. The topological polar surface area (TPSA) is 42.1 Å². The summed E-state index contributed by atoms with van der Waals surface area (Å²) in [6.07, 6.45) is 3.02. The summed E-state index contributed by atoms with van der Waals surface area (Å²) >= 11 is 1.85. The molecule has 1 aromatic carbocycles. The van der Waals surface area contributed by atoms with Gasteiger partial charge in [-0.05, 0) is 17.5 Å². The number of pyridine rings is 1. The van der Waals surface area contributed by atoms with E-state index >= 15 is 0 Å². The summed E-state index contributed by atoms with van der Waals surface area (Å²) in [4.78, 5) is 23.7. The van der Waals surface area contributed by atoms with Crippen LogP contribution in [0.3, 0.4) is 0 Å². The number of quaternary nitrogens is 1. The summed E-state index contributed by atoms with van der Waals surface area (Å²) in [6, 6.07) is 19.3. The number of thiophene rings is 1. The lowest BCUT2D eigenvalue weighted by molar-refractivity contribution is -0.920. The third-order valence-electron chi connectivity index (χ3n) is 6.35. The maximum Gasteiger partial charge on any atom is 0.278 e. The molecule has 2 aliphatic rings. The van der Waals surface area contributed by atoms with Gasteiger partial charge in [0.05, 0.1) is 25.8 Å². The number of piperazine rings is 1. The number of hydrogen-bond acceptors (Lipinski definition) is 3. The van der Waals surface area contributed by atoms with E-state index in [2.05, 4.69) is 62.6 Å². The second-order valence-corrected chi connectivity index (χ2v) is 9.09. The number of carbonyl (C=O) groups excluding carboxylic acids is 1. The zero-order chi connectivity index (χ0) is 20.3. The van der Waals surface area contributed by atoms with Gasteiger partial charge in [-0.25, -0.2) is 4.98 Å². The lowest BCUT2D eigenvalue weighted by Crippen LogP contribution is -3.14. The molecule has 3 aromatic rings. The van der Waals surface area contributed by atoms with Gasteiger partial charge in [-0.15, -0.1) is 11.3 Å². The van der Waals surface area contributed by atoms with Gasteiger partial charge >= 0.3 is 0 Å². The highest BCUT2D eigenvalue weighted by molar-refractivity contribution is 7.10. The second kappa shape index (κ2) is 8.58. The number of amides is 1. The van der Waals surface area contributed by atoms with Gasteiger partial charge in [0.15, 0.2) is 6.54 Å². The van der Waals surface area contributed by atoms with Crippen molar-refractivity contribution in [1.29, 1.82) is 0 Å². The Balaban J connectivity index is 1.27. The van der Waals surface area contributed by atoms with Crippen LogP contribution in [0.15, 0.2) is 66.2 Å². The molecule has 0 saturated carbocycles. The molecule has 1 amide bonds. The molecule has 1 unspecified atom stereocenters.